The quantitative estimate of drug-likeness (QED) is 0.734. The number of hydrogen-bond donors (Lipinski definition) is 1. The van der Waals surface area contributed by atoms with Gasteiger partial charge in [-0.15, -0.1) is 0 Å². The van der Waals surface area contributed by atoms with E-state index in [4.69, 9.17) is 14.5 Å². The molecule has 0 fully saturated rings. The van der Waals surface area contributed by atoms with E-state index < -0.39 is 0 Å². The molecular weight excluding hydrogens is 366 g/mol. The molecule has 0 bridgehead atoms. The van der Waals surface area contributed by atoms with Crippen LogP contribution in [0.3, 0.4) is 0 Å². The number of fused-ring (bicyclic) bond motifs is 2. The summed E-state index contributed by atoms with van der Waals surface area (Å²) in [5, 5.41) is 3.03. The molecule has 0 spiro atoms. The van der Waals surface area contributed by atoms with Gasteiger partial charge in [0.15, 0.2) is 11.5 Å². The van der Waals surface area contributed by atoms with Crippen molar-refractivity contribution in [3.8, 4) is 22.9 Å². The van der Waals surface area contributed by atoms with Crippen LogP contribution in [0.1, 0.15) is 41.0 Å². The molecule has 6 heteroatoms. The van der Waals surface area contributed by atoms with Crippen LogP contribution in [-0.4, -0.2) is 22.3 Å². The number of aromatic nitrogens is 2. The molecule has 1 N–H and O–H groups in total. The molecule has 3 aromatic rings. The van der Waals surface area contributed by atoms with Crippen LogP contribution in [0.15, 0.2) is 48.5 Å². The molecule has 0 saturated heterocycles. The first kappa shape index (κ1) is 17.8. The fourth-order valence-electron chi connectivity index (χ4n) is 4.03. The number of ether oxygens (including phenoxy) is 2. The molecule has 0 unspecified atom stereocenters. The highest BCUT2D eigenvalue weighted by Gasteiger charge is 2.24. The smallest absolute Gasteiger partial charge is 0.272 e. The predicted octanol–water partition coefficient (Wildman–Crippen LogP) is 3.94. The number of nitrogens with zero attached hydrogens (tertiary/aromatic N) is 2. The molecule has 2 aromatic carbocycles. The van der Waals surface area contributed by atoms with Crippen LogP contribution in [0.25, 0.3) is 11.4 Å². The molecule has 0 saturated carbocycles. The maximum absolute atomic E-state index is 13.0. The van der Waals surface area contributed by atoms with E-state index in [-0.39, 0.29) is 12.7 Å². The summed E-state index contributed by atoms with van der Waals surface area (Å²) in [5.41, 5.74) is 3.61. The molecule has 0 aliphatic carbocycles. The van der Waals surface area contributed by atoms with E-state index >= 15 is 0 Å². The van der Waals surface area contributed by atoms with Crippen molar-refractivity contribution in [3.63, 3.8) is 0 Å². The summed E-state index contributed by atoms with van der Waals surface area (Å²) in [5.74, 6) is 2.22. The second kappa shape index (κ2) is 7.62. The average molecular weight is 389 g/mol. The van der Waals surface area contributed by atoms with Crippen LogP contribution in [-0.2, 0) is 19.5 Å². The van der Waals surface area contributed by atoms with Crippen LogP contribution in [0, 0.1) is 0 Å². The Hall–Kier alpha value is -3.28. The van der Waals surface area contributed by atoms with E-state index in [0.717, 1.165) is 60.0 Å². The summed E-state index contributed by atoms with van der Waals surface area (Å²) in [6.07, 6.45) is 4.25. The standard InChI is InChI=1S/C23H23N3O3/c27-23(24-14-16-10-11-19-20(13-16)29-15-28-19)21-18-9-5-2-6-12-26(18)22(25-21)17-7-3-1-4-8-17/h1,3-4,7-8,10-11,13H,2,5-6,9,12,14-15H2,(H,24,27). The number of carbonyl (C=O) groups excluding carboxylic acids is 1. The summed E-state index contributed by atoms with van der Waals surface area (Å²) < 4.78 is 13.0. The van der Waals surface area contributed by atoms with Gasteiger partial charge in [-0.3, -0.25) is 4.79 Å². The lowest BCUT2D eigenvalue weighted by Crippen LogP contribution is -2.24. The SMILES string of the molecule is O=C(NCc1ccc2c(c1)OCO2)c1nc(-c2ccccc2)n2c1CCCCC2. The maximum atomic E-state index is 13.0. The molecular formula is C23H23N3O3. The largest absolute Gasteiger partial charge is 0.454 e. The van der Waals surface area contributed by atoms with Crippen LogP contribution >= 0.6 is 0 Å². The van der Waals surface area contributed by atoms with Crippen molar-refractivity contribution in [1.82, 2.24) is 14.9 Å². The summed E-state index contributed by atoms with van der Waals surface area (Å²) in [7, 11) is 0. The number of rotatable bonds is 4. The van der Waals surface area contributed by atoms with Gasteiger partial charge in [0.25, 0.3) is 5.91 Å². The number of imidazole rings is 1. The third kappa shape index (κ3) is 3.46. The van der Waals surface area contributed by atoms with E-state index in [1.807, 2.05) is 36.4 Å². The minimum absolute atomic E-state index is 0.129. The third-order valence-corrected chi connectivity index (χ3v) is 5.50. The lowest BCUT2D eigenvalue weighted by molar-refractivity contribution is 0.0945. The van der Waals surface area contributed by atoms with Gasteiger partial charge in [0.1, 0.15) is 11.5 Å². The van der Waals surface area contributed by atoms with Crippen molar-refractivity contribution in [1.29, 1.82) is 0 Å². The fourth-order valence-corrected chi connectivity index (χ4v) is 4.03. The number of carbonyl (C=O) groups is 1. The van der Waals surface area contributed by atoms with Crippen LogP contribution in [0.4, 0.5) is 0 Å². The van der Waals surface area contributed by atoms with Gasteiger partial charge in [0, 0.05) is 18.7 Å². The predicted molar refractivity (Wildman–Crippen MR) is 109 cm³/mol. The van der Waals surface area contributed by atoms with Crippen molar-refractivity contribution in [2.45, 2.75) is 38.8 Å². The lowest BCUT2D eigenvalue weighted by atomic mass is 10.1. The van der Waals surface area contributed by atoms with Crippen LogP contribution in [0.5, 0.6) is 11.5 Å². The highest BCUT2D eigenvalue weighted by atomic mass is 16.7. The Balaban J connectivity index is 1.41. The first-order valence-electron chi connectivity index (χ1n) is 10.1. The molecule has 0 radical (unpaired) electrons. The topological polar surface area (TPSA) is 65.4 Å². The number of amides is 1. The zero-order valence-electron chi connectivity index (χ0n) is 16.2. The maximum Gasteiger partial charge on any atom is 0.272 e. The third-order valence-electron chi connectivity index (χ3n) is 5.50. The summed E-state index contributed by atoms with van der Waals surface area (Å²) in [4.78, 5) is 17.8. The first-order chi connectivity index (χ1) is 14.3. The van der Waals surface area contributed by atoms with Crippen molar-refractivity contribution in [3.05, 3.63) is 65.5 Å². The summed E-state index contributed by atoms with van der Waals surface area (Å²) >= 11 is 0. The molecule has 3 heterocycles. The Morgan fingerprint density at radius 3 is 2.79 bits per heavy atom. The van der Waals surface area contributed by atoms with Gasteiger partial charge in [-0.25, -0.2) is 4.98 Å². The summed E-state index contributed by atoms with van der Waals surface area (Å²) in [6, 6.07) is 15.8. The van der Waals surface area contributed by atoms with Gasteiger partial charge in [-0.2, -0.15) is 0 Å². The number of hydrogen-bond acceptors (Lipinski definition) is 4. The molecule has 5 rings (SSSR count). The zero-order chi connectivity index (χ0) is 19.6. The molecule has 1 amide bonds. The molecule has 2 aliphatic heterocycles. The molecule has 0 atom stereocenters. The second-order valence-corrected chi connectivity index (χ2v) is 7.43. The van der Waals surface area contributed by atoms with Gasteiger partial charge in [-0.1, -0.05) is 42.8 Å². The molecule has 2 aliphatic rings. The van der Waals surface area contributed by atoms with Gasteiger partial charge < -0.3 is 19.4 Å². The van der Waals surface area contributed by atoms with E-state index in [0.29, 0.717) is 12.2 Å². The first-order valence-corrected chi connectivity index (χ1v) is 10.1. The molecule has 29 heavy (non-hydrogen) atoms. The van der Waals surface area contributed by atoms with Gasteiger partial charge in [0.2, 0.25) is 6.79 Å². The van der Waals surface area contributed by atoms with E-state index in [1.165, 1.54) is 6.42 Å². The number of nitrogens with one attached hydrogen (secondary N) is 1. The molecule has 6 nitrogen and oxygen atoms in total. The highest BCUT2D eigenvalue weighted by molar-refractivity contribution is 5.94. The summed E-state index contributed by atoms with van der Waals surface area (Å²) in [6.45, 7) is 1.57. The Kier molecular flexibility index (Phi) is 4.68. The van der Waals surface area contributed by atoms with E-state index in [2.05, 4.69) is 22.0 Å². The van der Waals surface area contributed by atoms with Gasteiger partial charge in [-0.05, 0) is 37.0 Å². The molecule has 148 valence electrons. The highest BCUT2D eigenvalue weighted by Crippen LogP contribution is 2.32. The Morgan fingerprint density at radius 2 is 1.90 bits per heavy atom. The van der Waals surface area contributed by atoms with Gasteiger partial charge >= 0.3 is 0 Å². The van der Waals surface area contributed by atoms with E-state index in [9.17, 15) is 4.79 Å². The number of benzene rings is 2. The molecule has 1 aromatic heterocycles. The lowest BCUT2D eigenvalue weighted by Gasteiger charge is -2.09. The zero-order valence-corrected chi connectivity index (χ0v) is 16.2. The van der Waals surface area contributed by atoms with E-state index in [1.54, 1.807) is 0 Å². The van der Waals surface area contributed by atoms with Crippen molar-refractivity contribution < 1.29 is 14.3 Å². The van der Waals surface area contributed by atoms with Crippen LogP contribution < -0.4 is 14.8 Å². The second-order valence-electron chi connectivity index (χ2n) is 7.43. The van der Waals surface area contributed by atoms with Crippen molar-refractivity contribution in [2.75, 3.05) is 6.79 Å². The average Bonchev–Trinajstić information content (AvgIpc) is 3.29. The minimum Gasteiger partial charge on any atom is -0.454 e. The minimum atomic E-state index is -0.129. The van der Waals surface area contributed by atoms with Crippen molar-refractivity contribution in [2.24, 2.45) is 0 Å². The Morgan fingerprint density at radius 1 is 1.03 bits per heavy atom. The van der Waals surface area contributed by atoms with Gasteiger partial charge in [0.05, 0.1) is 5.69 Å². The van der Waals surface area contributed by atoms with Crippen LogP contribution in [0.2, 0.25) is 0 Å². The monoisotopic (exact) mass is 389 g/mol. The Labute approximate surface area is 169 Å². The normalized spacial score (nSPS) is 14.9. The Bertz CT molecular complexity index is 1040. The van der Waals surface area contributed by atoms with Crippen molar-refractivity contribution >= 4 is 5.91 Å². The fraction of sp³-hybridized carbons (Fsp3) is 0.304.